The minimum Gasteiger partial charge on any atom is -0.466 e. The molecule has 402 valence electrons. The number of allylic oxidation sites excluding steroid dienone is 3. The van der Waals surface area contributed by atoms with E-state index in [1.165, 1.54) is 263 Å². The van der Waals surface area contributed by atoms with Gasteiger partial charge < -0.3 is 20.3 Å². The Morgan fingerprint density at radius 2 is 0.691 bits per heavy atom. The van der Waals surface area contributed by atoms with E-state index in [0.717, 1.165) is 44.9 Å². The number of carbonyl (C=O) groups is 2. The molecular weight excluding hydrogens is 839 g/mol. The highest BCUT2D eigenvalue weighted by molar-refractivity contribution is 5.76. The molecule has 0 aromatic heterocycles. The highest BCUT2D eigenvalue weighted by Gasteiger charge is 2.18. The first-order valence-corrected chi connectivity index (χ1v) is 30.6. The lowest BCUT2D eigenvalue weighted by atomic mass is 10.0. The second-order valence-electron chi connectivity index (χ2n) is 21.0. The first kappa shape index (κ1) is 66.3. The molecule has 0 radical (unpaired) electrons. The zero-order chi connectivity index (χ0) is 49.3. The van der Waals surface area contributed by atoms with Crippen molar-refractivity contribution in [3.63, 3.8) is 0 Å². The van der Waals surface area contributed by atoms with Gasteiger partial charge in [0.25, 0.3) is 0 Å². The van der Waals surface area contributed by atoms with Crippen molar-refractivity contribution in [1.82, 2.24) is 5.32 Å². The number of hydrogen-bond acceptors (Lipinski definition) is 5. The van der Waals surface area contributed by atoms with Gasteiger partial charge in [0.1, 0.15) is 0 Å². The monoisotopic (exact) mass is 958 g/mol. The minimum atomic E-state index is -0.847. The minimum absolute atomic E-state index is 0.0130. The predicted octanol–water partition coefficient (Wildman–Crippen LogP) is 19.0. The van der Waals surface area contributed by atoms with Gasteiger partial charge in [-0.15, -0.1) is 0 Å². The lowest BCUT2D eigenvalue weighted by Crippen LogP contribution is -2.45. The van der Waals surface area contributed by atoms with Crippen molar-refractivity contribution < 1.29 is 24.5 Å². The van der Waals surface area contributed by atoms with Gasteiger partial charge in [0, 0.05) is 12.8 Å². The third-order valence-corrected chi connectivity index (χ3v) is 14.2. The second-order valence-corrected chi connectivity index (χ2v) is 21.0. The maximum atomic E-state index is 12.4. The summed E-state index contributed by atoms with van der Waals surface area (Å²) in [7, 11) is 0. The van der Waals surface area contributed by atoms with Gasteiger partial charge in [-0.25, -0.2) is 0 Å². The fourth-order valence-corrected chi connectivity index (χ4v) is 9.51. The molecule has 0 rings (SSSR count). The van der Waals surface area contributed by atoms with E-state index < -0.39 is 12.1 Å². The Hall–Kier alpha value is -1.66. The van der Waals surface area contributed by atoms with Gasteiger partial charge in [-0.2, -0.15) is 0 Å². The summed E-state index contributed by atoms with van der Waals surface area (Å²) < 4.78 is 5.49. The van der Waals surface area contributed by atoms with Crippen molar-refractivity contribution >= 4 is 11.9 Å². The third-order valence-electron chi connectivity index (χ3n) is 14.2. The summed E-state index contributed by atoms with van der Waals surface area (Å²) in [4.78, 5) is 24.5. The summed E-state index contributed by atoms with van der Waals surface area (Å²) in [6.45, 7) is 4.91. The molecule has 68 heavy (non-hydrogen) atoms. The van der Waals surface area contributed by atoms with Crippen molar-refractivity contribution in [2.24, 2.45) is 0 Å². The maximum Gasteiger partial charge on any atom is 0.305 e. The number of ether oxygens (including phenoxy) is 1. The average molecular weight is 959 g/mol. The van der Waals surface area contributed by atoms with Gasteiger partial charge in [-0.05, 0) is 57.8 Å². The van der Waals surface area contributed by atoms with Crippen LogP contribution in [0.2, 0.25) is 0 Å². The van der Waals surface area contributed by atoms with Crippen LogP contribution < -0.4 is 5.32 Å². The normalized spacial score (nSPS) is 12.7. The fraction of sp³-hybridized carbons (Fsp3) is 0.903. The molecule has 0 heterocycles. The van der Waals surface area contributed by atoms with E-state index in [1.807, 2.05) is 6.08 Å². The van der Waals surface area contributed by atoms with E-state index in [-0.39, 0.29) is 18.5 Å². The number of rotatable bonds is 57. The van der Waals surface area contributed by atoms with Crippen LogP contribution in [0.25, 0.3) is 0 Å². The molecule has 3 N–H and O–H groups in total. The van der Waals surface area contributed by atoms with Crippen LogP contribution in [-0.4, -0.2) is 47.4 Å². The lowest BCUT2D eigenvalue weighted by molar-refractivity contribution is -0.143. The molecule has 0 aromatic rings. The molecule has 0 saturated carbocycles. The number of carbonyl (C=O) groups excluding carboxylic acids is 2. The van der Waals surface area contributed by atoms with Crippen molar-refractivity contribution in [1.29, 1.82) is 0 Å². The van der Waals surface area contributed by atoms with Gasteiger partial charge in [0.2, 0.25) is 5.91 Å². The van der Waals surface area contributed by atoms with Crippen LogP contribution in [0.1, 0.15) is 335 Å². The van der Waals surface area contributed by atoms with Crippen LogP contribution in [0.4, 0.5) is 0 Å². The van der Waals surface area contributed by atoms with E-state index in [0.29, 0.717) is 19.4 Å². The molecule has 0 aromatic carbocycles. The molecular formula is C62H119NO5. The Morgan fingerprint density at radius 1 is 0.397 bits per heavy atom. The number of esters is 1. The number of amides is 1. The number of aliphatic hydroxyl groups excluding tert-OH is 2. The largest absolute Gasteiger partial charge is 0.466 e. The molecule has 2 atom stereocenters. The Bertz CT molecular complexity index is 1060. The van der Waals surface area contributed by atoms with Gasteiger partial charge in [-0.3, -0.25) is 9.59 Å². The van der Waals surface area contributed by atoms with Crippen LogP contribution in [0.3, 0.4) is 0 Å². The van der Waals surface area contributed by atoms with Crippen LogP contribution in [0.5, 0.6) is 0 Å². The fourth-order valence-electron chi connectivity index (χ4n) is 9.51. The van der Waals surface area contributed by atoms with E-state index >= 15 is 0 Å². The smallest absolute Gasteiger partial charge is 0.305 e. The summed E-state index contributed by atoms with van der Waals surface area (Å²) >= 11 is 0. The average Bonchev–Trinajstić information content (AvgIpc) is 3.34. The van der Waals surface area contributed by atoms with Crippen molar-refractivity contribution in [2.75, 3.05) is 13.2 Å². The quantitative estimate of drug-likeness (QED) is 0.0321. The molecule has 0 aliphatic carbocycles. The van der Waals surface area contributed by atoms with Gasteiger partial charge >= 0.3 is 5.97 Å². The molecule has 1 amide bonds. The topological polar surface area (TPSA) is 95.9 Å². The standard InChI is InChI=1S/C62H119NO5/c1-3-5-7-9-11-13-15-17-18-28-32-36-40-44-48-52-56-62(67)68-57-53-49-45-41-37-33-29-26-24-22-20-19-21-23-25-27-31-35-39-43-47-51-55-61(66)63-59(58-64)60(65)54-50-46-42-38-34-30-16-14-12-10-8-6-4-2/h21,23,50,54,59-60,64-65H,3-20,22,24-49,51-53,55-58H2,1-2H3,(H,63,66)/b23-21-,54-50+. The molecule has 2 unspecified atom stereocenters. The van der Waals surface area contributed by atoms with Crippen molar-refractivity contribution in [3.05, 3.63) is 24.3 Å². The number of nitrogens with one attached hydrogen (secondary N) is 1. The van der Waals surface area contributed by atoms with Crippen LogP contribution in [-0.2, 0) is 14.3 Å². The van der Waals surface area contributed by atoms with Gasteiger partial charge in [0.15, 0.2) is 0 Å². The zero-order valence-corrected chi connectivity index (χ0v) is 45.9. The van der Waals surface area contributed by atoms with Crippen LogP contribution in [0.15, 0.2) is 24.3 Å². The molecule has 6 nitrogen and oxygen atoms in total. The summed E-state index contributed by atoms with van der Waals surface area (Å²) in [5.74, 6) is -0.0613. The van der Waals surface area contributed by atoms with Gasteiger partial charge in [0.05, 0.1) is 25.4 Å². The summed E-state index contributed by atoms with van der Waals surface area (Å²) in [5, 5.41) is 23.1. The Morgan fingerprint density at radius 3 is 1.04 bits per heavy atom. The van der Waals surface area contributed by atoms with E-state index in [4.69, 9.17) is 4.74 Å². The number of unbranched alkanes of at least 4 members (excludes halogenated alkanes) is 44. The molecule has 0 aliphatic rings. The lowest BCUT2D eigenvalue weighted by Gasteiger charge is -2.20. The van der Waals surface area contributed by atoms with Gasteiger partial charge in [-0.1, -0.05) is 289 Å². The molecule has 0 bridgehead atoms. The summed E-state index contributed by atoms with van der Waals surface area (Å²) in [6, 6.07) is -0.632. The highest BCUT2D eigenvalue weighted by atomic mass is 16.5. The van der Waals surface area contributed by atoms with Crippen molar-refractivity contribution in [3.8, 4) is 0 Å². The SMILES string of the molecule is CCCCCCCCCCCCC/C=C/C(O)C(CO)NC(=O)CCCCCCCCC/C=C\CCCCCCCCCCCCCOC(=O)CCCCCCCCCCCCCCCCCC. The number of hydrogen-bond donors (Lipinski definition) is 3. The predicted molar refractivity (Wildman–Crippen MR) is 296 cm³/mol. The molecule has 0 saturated heterocycles. The Balaban J connectivity index is 3.41. The maximum absolute atomic E-state index is 12.4. The van der Waals surface area contributed by atoms with E-state index in [9.17, 15) is 19.8 Å². The summed E-state index contributed by atoms with van der Waals surface area (Å²) in [6.07, 6.45) is 70.7. The molecule has 0 spiro atoms. The van der Waals surface area contributed by atoms with E-state index in [1.54, 1.807) is 6.08 Å². The summed E-state index contributed by atoms with van der Waals surface area (Å²) in [5.41, 5.74) is 0. The Labute approximate surface area is 424 Å². The van der Waals surface area contributed by atoms with E-state index in [2.05, 4.69) is 31.3 Å². The first-order valence-electron chi connectivity index (χ1n) is 30.6. The Kier molecular flexibility index (Phi) is 56.5. The number of aliphatic hydroxyl groups is 2. The molecule has 6 heteroatoms. The molecule has 0 fully saturated rings. The third kappa shape index (κ3) is 53.7. The van der Waals surface area contributed by atoms with Crippen LogP contribution in [0, 0.1) is 0 Å². The van der Waals surface area contributed by atoms with Crippen molar-refractivity contribution in [2.45, 2.75) is 347 Å². The second kappa shape index (κ2) is 57.9. The first-order chi connectivity index (χ1) is 33.5. The highest BCUT2D eigenvalue weighted by Crippen LogP contribution is 2.17. The zero-order valence-electron chi connectivity index (χ0n) is 45.9. The molecule has 0 aliphatic heterocycles. The van der Waals surface area contributed by atoms with Crippen LogP contribution >= 0.6 is 0 Å².